The van der Waals surface area contributed by atoms with Crippen molar-refractivity contribution >= 4 is 29.0 Å². The number of halogens is 3. The quantitative estimate of drug-likeness (QED) is 0.427. The van der Waals surface area contributed by atoms with Gasteiger partial charge in [0, 0.05) is 24.5 Å². The molecule has 0 aliphatic carbocycles. The van der Waals surface area contributed by atoms with E-state index in [1.165, 1.54) is 6.20 Å². The van der Waals surface area contributed by atoms with E-state index < -0.39 is 11.7 Å². The summed E-state index contributed by atoms with van der Waals surface area (Å²) in [5.41, 5.74) is -0.627. The van der Waals surface area contributed by atoms with Crippen LogP contribution in [0.25, 0.3) is 0 Å². The van der Waals surface area contributed by atoms with E-state index in [-0.39, 0.29) is 28.6 Å². The third-order valence-electron chi connectivity index (χ3n) is 2.85. The number of thiocarbonyl (C=S) groups is 1. The van der Waals surface area contributed by atoms with Gasteiger partial charge >= 0.3 is 6.18 Å². The van der Waals surface area contributed by atoms with E-state index in [2.05, 4.69) is 26.7 Å². The van der Waals surface area contributed by atoms with Crippen molar-refractivity contribution in [1.82, 2.24) is 15.3 Å². The van der Waals surface area contributed by atoms with Gasteiger partial charge in [0.2, 0.25) is 0 Å². The molecule has 0 aromatic carbocycles. The van der Waals surface area contributed by atoms with Crippen molar-refractivity contribution < 1.29 is 17.9 Å². The van der Waals surface area contributed by atoms with Crippen LogP contribution in [0.2, 0.25) is 0 Å². The minimum absolute atomic E-state index is 0.00634. The summed E-state index contributed by atoms with van der Waals surface area (Å²) in [6.45, 7) is 3.74. The second-order valence-corrected chi connectivity index (χ2v) is 5.75. The molecule has 0 amide bonds. The molecular weight excluding hydrogens is 367 g/mol. The second kappa shape index (κ2) is 8.09. The maximum Gasteiger partial charge on any atom is 0.417 e. The number of alkyl halides is 3. The van der Waals surface area contributed by atoms with E-state index in [1.54, 1.807) is 12.1 Å². The normalized spacial score (nSPS) is 11.2. The smallest absolute Gasteiger partial charge is 0.417 e. The minimum atomic E-state index is -4.49. The second-order valence-electron chi connectivity index (χ2n) is 5.35. The van der Waals surface area contributed by atoms with Gasteiger partial charge in [0.15, 0.2) is 10.9 Å². The van der Waals surface area contributed by atoms with Crippen molar-refractivity contribution in [3.05, 3.63) is 47.9 Å². The van der Waals surface area contributed by atoms with Gasteiger partial charge in [-0.15, -0.1) is 0 Å². The Morgan fingerprint density at radius 3 is 2.65 bits per heavy atom. The molecule has 0 aliphatic heterocycles. The van der Waals surface area contributed by atoms with Crippen molar-refractivity contribution in [3.63, 3.8) is 0 Å². The van der Waals surface area contributed by atoms with Crippen LogP contribution >= 0.6 is 12.2 Å². The van der Waals surface area contributed by atoms with Crippen LogP contribution in [0.3, 0.4) is 0 Å². The van der Waals surface area contributed by atoms with Crippen molar-refractivity contribution in [3.8, 4) is 5.75 Å². The van der Waals surface area contributed by atoms with Gasteiger partial charge in [0.05, 0.1) is 11.7 Å². The molecule has 2 aromatic rings. The molecule has 0 saturated carbocycles. The van der Waals surface area contributed by atoms with Crippen LogP contribution in [-0.2, 0) is 6.18 Å². The zero-order valence-electron chi connectivity index (χ0n) is 13.8. The van der Waals surface area contributed by atoms with E-state index >= 15 is 0 Å². The highest BCUT2D eigenvalue weighted by Gasteiger charge is 2.30. The predicted octanol–water partition coefficient (Wildman–Crippen LogP) is 3.39. The maximum atomic E-state index is 12.5. The average molecular weight is 382 g/mol. The van der Waals surface area contributed by atoms with Crippen LogP contribution in [0.15, 0.2) is 30.6 Å². The summed E-state index contributed by atoms with van der Waals surface area (Å²) in [6, 6.07) is 6.33. The Morgan fingerprint density at radius 2 is 2.08 bits per heavy atom. The summed E-state index contributed by atoms with van der Waals surface area (Å²) in [7, 11) is 0. The largest absolute Gasteiger partial charge is 0.491 e. The Morgan fingerprint density at radius 1 is 1.35 bits per heavy atom. The third-order valence-corrected chi connectivity index (χ3v) is 3.06. The molecule has 0 atom stereocenters. The number of amidine groups is 1. The van der Waals surface area contributed by atoms with E-state index in [4.69, 9.17) is 22.4 Å². The first-order valence-corrected chi connectivity index (χ1v) is 7.80. The molecule has 2 rings (SSSR count). The van der Waals surface area contributed by atoms with Gasteiger partial charge in [0.25, 0.3) is 0 Å². The average Bonchev–Trinajstić information content (AvgIpc) is 2.54. The zero-order chi connectivity index (χ0) is 19.3. The standard InChI is InChI=1S/C16H15F3N5OS/c1-9(2)25-11-5-6-21-12(7-11)14(20)24-15(26)23-13-4-3-10(8-22-13)16(17,18)19/h3,5-9H,1-2H3,(H3,20,22,23,24,26). The van der Waals surface area contributed by atoms with Gasteiger partial charge in [-0.2, -0.15) is 13.2 Å². The Labute approximate surface area is 153 Å². The fraction of sp³-hybridized carbons (Fsp3) is 0.250. The summed E-state index contributed by atoms with van der Waals surface area (Å²) in [5, 5.41) is 13.1. The highest BCUT2D eigenvalue weighted by atomic mass is 32.1. The molecule has 0 saturated heterocycles. The Hall–Kier alpha value is -2.75. The lowest BCUT2D eigenvalue weighted by Crippen LogP contribution is -2.35. The van der Waals surface area contributed by atoms with Crippen LogP contribution in [0, 0.1) is 11.5 Å². The molecule has 10 heteroatoms. The van der Waals surface area contributed by atoms with Crippen molar-refractivity contribution in [2.75, 3.05) is 5.32 Å². The molecule has 6 nitrogen and oxygen atoms in total. The minimum Gasteiger partial charge on any atom is -0.491 e. The number of anilines is 1. The lowest BCUT2D eigenvalue weighted by molar-refractivity contribution is -0.137. The summed E-state index contributed by atoms with van der Waals surface area (Å²) >= 11 is 5.02. The van der Waals surface area contributed by atoms with Crippen LogP contribution in [0.4, 0.5) is 19.0 Å². The first-order valence-electron chi connectivity index (χ1n) is 7.39. The fourth-order valence-corrected chi connectivity index (χ4v) is 1.99. The van der Waals surface area contributed by atoms with E-state index in [0.29, 0.717) is 11.9 Å². The summed E-state index contributed by atoms with van der Waals surface area (Å²) in [4.78, 5) is 7.63. The summed E-state index contributed by atoms with van der Waals surface area (Å²) < 4.78 is 43.0. The lowest BCUT2D eigenvalue weighted by atomic mass is 10.3. The molecule has 0 unspecified atom stereocenters. The SMILES string of the molecule is CC(C)Oc1ccnc(C(=N)NC(=S)Nc2[c]cc(C(F)(F)F)cn2)c1. The molecule has 0 bridgehead atoms. The Balaban J connectivity index is 1.98. The van der Waals surface area contributed by atoms with E-state index in [1.807, 2.05) is 13.8 Å². The zero-order valence-corrected chi connectivity index (χ0v) is 14.6. The van der Waals surface area contributed by atoms with Crippen LogP contribution in [-0.4, -0.2) is 27.0 Å². The van der Waals surface area contributed by atoms with Gasteiger partial charge in [-0.1, -0.05) is 0 Å². The number of hydrogen-bond acceptors (Lipinski definition) is 5. The van der Waals surface area contributed by atoms with Crippen LogP contribution in [0.1, 0.15) is 25.1 Å². The monoisotopic (exact) mass is 382 g/mol. The van der Waals surface area contributed by atoms with Crippen molar-refractivity contribution in [1.29, 1.82) is 5.41 Å². The van der Waals surface area contributed by atoms with Crippen molar-refractivity contribution in [2.45, 2.75) is 26.1 Å². The molecule has 2 aromatic heterocycles. The molecule has 0 fully saturated rings. The fourth-order valence-electron chi connectivity index (χ4n) is 1.79. The van der Waals surface area contributed by atoms with Gasteiger partial charge in [-0.3, -0.25) is 10.4 Å². The first kappa shape index (κ1) is 19.6. The Bertz CT molecular complexity index is 793. The van der Waals surface area contributed by atoms with E-state index in [9.17, 15) is 13.2 Å². The summed E-state index contributed by atoms with van der Waals surface area (Å²) in [5.74, 6) is 0.435. The number of nitrogens with zero attached hydrogens (tertiary/aromatic N) is 2. The van der Waals surface area contributed by atoms with E-state index in [0.717, 1.165) is 6.07 Å². The molecule has 3 N–H and O–H groups in total. The molecule has 2 heterocycles. The van der Waals surface area contributed by atoms with Gasteiger partial charge in [-0.25, -0.2) is 4.98 Å². The molecule has 26 heavy (non-hydrogen) atoms. The van der Waals surface area contributed by atoms with Gasteiger partial charge in [-0.05, 0) is 38.2 Å². The molecule has 1 radical (unpaired) electrons. The number of pyridine rings is 2. The number of rotatable bonds is 4. The molecule has 137 valence electrons. The van der Waals surface area contributed by atoms with Gasteiger partial charge in [0.1, 0.15) is 17.3 Å². The Kier molecular flexibility index (Phi) is 6.09. The lowest BCUT2D eigenvalue weighted by Gasteiger charge is -2.13. The summed E-state index contributed by atoms with van der Waals surface area (Å²) in [6.07, 6.45) is -2.36. The number of aromatic nitrogens is 2. The molecule has 0 aliphatic rings. The first-order chi connectivity index (χ1) is 12.1. The number of nitrogens with one attached hydrogen (secondary N) is 3. The highest BCUT2D eigenvalue weighted by Crippen LogP contribution is 2.28. The van der Waals surface area contributed by atoms with Crippen LogP contribution in [0.5, 0.6) is 5.75 Å². The van der Waals surface area contributed by atoms with Crippen molar-refractivity contribution in [2.24, 2.45) is 0 Å². The van der Waals surface area contributed by atoms with Crippen LogP contribution < -0.4 is 15.4 Å². The molecule has 0 spiro atoms. The number of ether oxygens (including phenoxy) is 1. The predicted molar refractivity (Wildman–Crippen MR) is 94.3 cm³/mol. The highest BCUT2D eigenvalue weighted by molar-refractivity contribution is 7.80. The third kappa shape index (κ3) is 5.66. The van der Waals surface area contributed by atoms with Gasteiger partial charge < -0.3 is 15.4 Å². The number of hydrogen-bond donors (Lipinski definition) is 3. The maximum absolute atomic E-state index is 12.5. The molecular formula is C16H15F3N5OS. The topological polar surface area (TPSA) is 82.9 Å².